The van der Waals surface area contributed by atoms with Crippen LogP contribution in [0.1, 0.15) is 22.8 Å². The van der Waals surface area contributed by atoms with E-state index in [0.717, 1.165) is 67.1 Å². The molecule has 0 fully saturated rings. The van der Waals surface area contributed by atoms with Gasteiger partial charge >= 0.3 is 0 Å². The molecule has 2 aliphatic heterocycles. The lowest BCUT2D eigenvalue weighted by molar-refractivity contribution is -0.751. The lowest BCUT2D eigenvalue weighted by atomic mass is 10.1. The average Bonchev–Trinajstić information content (AvgIpc) is 3.71. The molecule has 0 spiro atoms. The summed E-state index contributed by atoms with van der Waals surface area (Å²) in [5.74, 6) is 0. The summed E-state index contributed by atoms with van der Waals surface area (Å²) in [5.41, 5.74) is 12.0. The van der Waals surface area contributed by atoms with Gasteiger partial charge in [-0.2, -0.15) is 9.36 Å². The highest BCUT2D eigenvalue weighted by Crippen LogP contribution is 2.31. The lowest BCUT2D eigenvalue weighted by Gasteiger charge is -1.99. The highest BCUT2D eigenvalue weighted by molar-refractivity contribution is 5.93. The van der Waals surface area contributed by atoms with Gasteiger partial charge in [0, 0.05) is 33.2 Å². The molecule has 0 amide bonds. The number of nitrogens with one attached hydrogen (secondary N) is 2. The van der Waals surface area contributed by atoms with E-state index in [1.54, 1.807) is 0 Å². The average molecular weight is 501 g/mol. The van der Waals surface area contributed by atoms with Crippen molar-refractivity contribution in [2.75, 3.05) is 0 Å². The molecule has 186 valence electrons. The van der Waals surface area contributed by atoms with Crippen LogP contribution in [0.3, 0.4) is 0 Å². The Hall–Kier alpha value is -4.98. The van der Waals surface area contributed by atoms with E-state index < -0.39 is 0 Å². The molecule has 0 aliphatic carbocycles. The first-order chi connectivity index (χ1) is 18.4. The maximum atomic E-state index is 5.01. The van der Waals surface area contributed by atoms with E-state index in [1.165, 1.54) is 0 Å². The highest BCUT2D eigenvalue weighted by Gasteiger charge is 2.19. The molecule has 7 rings (SSSR count). The third-order valence-electron chi connectivity index (χ3n) is 7.27. The van der Waals surface area contributed by atoms with Crippen LogP contribution in [0.5, 0.6) is 0 Å². The number of H-pyrrole nitrogens is 2. The molecule has 0 saturated carbocycles. The molecule has 5 aromatic heterocycles. The fourth-order valence-electron chi connectivity index (χ4n) is 5.18. The van der Waals surface area contributed by atoms with E-state index in [0.29, 0.717) is 0 Å². The molecular weight excluding hydrogens is 472 g/mol. The van der Waals surface area contributed by atoms with Crippen LogP contribution in [0.15, 0.2) is 61.2 Å². The molecule has 5 aromatic rings. The Balaban J connectivity index is 1.57. The number of hydrogen-bond donors (Lipinski definition) is 2. The Kier molecular flexibility index (Phi) is 4.84. The number of aromatic amines is 2. The number of nitrogens with zero attached hydrogens (tertiary/aromatic N) is 6. The molecule has 8 bridgehead atoms. The Morgan fingerprint density at radius 1 is 0.632 bits per heavy atom. The van der Waals surface area contributed by atoms with E-state index in [4.69, 9.17) is 9.97 Å². The van der Waals surface area contributed by atoms with Crippen molar-refractivity contribution in [2.45, 2.75) is 0 Å². The van der Waals surface area contributed by atoms with Gasteiger partial charge in [-0.15, -0.1) is 9.36 Å². The molecule has 0 unspecified atom stereocenters. The number of rotatable bonds is 2. The molecule has 0 aromatic carbocycles. The molecule has 8 heteroatoms. The number of fused-ring (bicyclic) bond motifs is 8. The zero-order chi connectivity index (χ0) is 26.0. The second-order valence-electron chi connectivity index (χ2n) is 9.93. The quantitative estimate of drug-likeness (QED) is 0.347. The van der Waals surface area contributed by atoms with Crippen molar-refractivity contribution in [3.8, 4) is 22.3 Å². The Labute approximate surface area is 219 Å². The number of aryl methyl sites for hydroxylation is 4. The smallest absolute Gasteiger partial charge is 0.203 e. The van der Waals surface area contributed by atoms with Crippen LogP contribution < -0.4 is 9.36 Å². The Bertz CT molecular complexity index is 1840. The minimum atomic E-state index is 0.895. The van der Waals surface area contributed by atoms with Gasteiger partial charge in [0.1, 0.15) is 0 Å². The van der Waals surface area contributed by atoms with Gasteiger partial charge in [-0.3, -0.25) is 0 Å². The first-order valence-electron chi connectivity index (χ1n) is 12.6. The lowest BCUT2D eigenvalue weighted by Crippen LogP contribution is -2.35. The summed E-state index contributed by atoms with van der Waals surface area (Å²) >= 11 is 0. The van der Waals surface area contributed by atoms with Crippen molar-refractivity contribution in [1.29, 1.82) is 0 Å². The summed E-state index contributed by atoms with van der Waals surface area (Å²) in [7, 11) is 8.14. The van der Waals surface area contributed by atoms with Crippen LogP contribution >= 0.6 is 0 Å². The molecule has 7 heterocycles. The molecule has 8 nitrogen and oxygen atoms in total. The van der Waals surface area contributed by atoms with Crippen LogP contribution in [0, 0.1) is 0 Å². The molecule has 0 atom stereocenters. The topological polar surface area (TPSA) is 75.0 Å². The van der Waals surface area contributed by atoms with Crippen molar-refractivity contribution in [1.82, 2.24) is 29.3 Å². The SMILES string of the molecule is Cn1cc(-c2c3nc(cc4ccc([nH]4)c(-c4cn(C)[n+](C)c4)c4ccc(cc5nc2C=C5)[nH]4)C=C3)c[n+]1C. The van der Waals surface area contributed by atoms with E-state index in [9.17, 15) is 0 Å². The first kappa shape index (κ1) is 22.2. The van der Waals surface area contributed by atoms with Crippen LogP contribution in [-0.2, 0) is 28.2 Å². The molecule has 2 N–H and O–H groups in total. The summed E-state index contributed by atoms with van der Waals surface area (Å²) in [6, 6.07) is 12.6. The van der Waals surface area contributed by atoms with Crippen LogP contribution in [-0.4, -0.2) is 29.3 Å². The molecule has 0 radical (unpaired) electrons. The van der Waals surface area contributed by atoms with Gasteiger partial charge < -0.3 is 9.97 Å². The van der Waals surface area contributed by atoms with Gasteiger partial charge in [-0.25, -0.2) is 9.97 Å². The van der Waals surface area contributed by atoms with Crippen molar-refractivity contribution in [3.63, 3.8) is 0 Å². The zero-order valence-electron chi connectivity index (χ0n) is 21.8. The fraction of sp³-hybridized carbons (Fsp3) is 0.133. The van der Waals surface area contributed by atoms with Gasteiger partial charge in [0.25, 0.3) is 0 Å². The molecular formula is C30H28N8+2. The monoisotopic (exact) mass is 500 g/mol. The van der Waals surface area contributed by atoms with Crippen molar-refractivity contribution < 1.29 is 9.36 Å². The van der Waals surface area contributed by atoms with Gasteiger partial charge in [0.2, 0.25) is 12.4 Å². The van der Waals surface area contributed by atoms with Gasteiger partial charge in [0.05, 0.1) is 60.4 Å². The minimum absolute atomic E-state index is 0.895. The van der Waals surface area contributed by atoms with Crippen LogP contribution in [0.2, 0.25) is 0 Å². The molecule has 0 saturated heterocycles. The maximum Gasteiger partial charge on any atom is 0.203 e. The van der Waals surface area contributed by atoms with Crippen molar-refractivity contribution >= 4 is 46.4 Å². The third kappa shape index (κ3) is 3.69. The van der Waals surface area contributed by atoms with E-state index >= 15 is 0 Å². The predicted octanol–water partition coefficient (Wildman–Crippen LogP) is 4.32. The van der Waals surface area contributed by atoms with Gasteiger partial charge in [-0.05, 0) is 60.7 Å². The minimum Gasteiger partial charge on any atom is -0.355 e. The number of aromatic nitrogens is 8. The van der Waals surface area contributed by atoms with Crippen molar-refractivity contribution in [3.05, 3.63) is 84.0 Å². The second kappa shape index (κ2) is 8.27. The molecule has 38 heavy (non-hydrogen) atoms. The summed E-state index contributed by atoms with van der Waals surface area (Å²) in [5, 5.41) is 0. The fourth-order valence-corrected chi connectivity index (χ4v) is 5.18. The number of hydrogen-bond acceptors (Lipinski definition) is 2. The van der Waals surface area contributed by atoms with Crippen molar-refractivity contribution in [2.24, 2.45) is 28.2 Å². The Morgan fingerprint density at radius 2 is 1.11 bits per heavy atom. The van der Waals surface area contributed by atoms with E-state index in [-0.39, 0.29) is 0 Å². The van der Waals surface area contributed by atoms with Gasteiger partial charge in [-0.1, -0.05) is 0 Å². The molecule has 2 aliphatic rings. The predicted molar refractivity (Wildman–Crippen MR) is 150 cm³/mol. The highest BCUT2D eigenvalue weighted by atomic mass is 15.4. The summed E-state index contributed by atoms with van der Waals surface area (Å²) in [4.78, 5) is 17.2. The first-order valence-corrected chi connectivity index (χ1v) is 12.6. The largest absolute Gasteiger partial charge is 0.355 e. The zero-order valence-corrected chi connectivity index (χ0v) is 21.8. The second-order valence-corrected chi connectivity index (χ2v) is 9.93. The summed E-state index contributed by atoms with van der Waals surface area (Å²) < 4.78 is 8.24. The Morgan fingerprint density at radius 3 is 1.55 bits per heavy atom. The van der Waals surface area contributed by atoms with Crippen LogP contribution in [0.4, 0.5) is 0 Å². The summed E-state index contributed by atoms with van der Waals surface area (Å²) in [6.45, 7) is 0. The van der Waals surface area contributed by atoms with Crippen LogP contribution in [0.25, 0.3) is 68.6 Å². The van der Waals surface area contributed by atoms with E-state index in [1.807, 2.05) is 28.2 Å². The normalized spacial score (nSPS) is 12.5. The standard InChI is InChI=1S/C30H28N8/c1-35-15-19(16-36(35)2)29-25-9-5-21(31-25)13-23-7-11-27(33-23)30(20-17-37(3)38(4)18-20)28-12-8-24(34-28)14-22-6-10-26(29)32-22/h5-18,31-32H,1-4H3/q+2. The van der Waals surface area contributed by atoms with Gasteiger partial charge in [0.15, 0.2) is 14.1 Å². The van der Waals surface area contributed by atoms with E-state index in [2.05, 4.69) is 114 Å². The maximum absolute atomic E-state index is 5.01. The third-order valence-corrected chi connectivity index (χ3v) is 7.27. The summed E-state index contributed by atoms with van der Waals surface area (Å²) in [6.07, 6.45) is 16.8.